The second kappa shape index (κ2) is 10.3. The van der Waals surface area contributed by atoms with Crippen LogP contribution in [0, 0.1) is 0 Å². The number of rotatable bonds is 8. The number of carboxylic acid groups (broad SMARTS) is 1. The first-order valence-electron chi connectivity index (χ1n) is 9.47. The highest BCUT2D eigenvalue weighted by Gasteiger charge is 2.19. The lowest BCUT2D eigenvalue weighted by Gasteiger charge is -2.13. The molecular weight excluding hydrogens is 454 g/mol. The predicted octanol–water partition coefficient (Wildman–Crippen LogP) is 3.39. The van der Waals surface area contributed by atoms with E-state index in [2.05, 4.69) is 20.8 Å². The van der Waals surface area contributed by atoms with E-state index in [0.717, 1.165) is 11.8 Å². The Morgan fingerprint density at radius 3 is 2.53 bits per heavy atom. The highest BCUT2D eigenvalue weighted by Crippen LogP contribution is 2.24. The van der Waals surface area contributed by atoms with Crippen molar-refractivity contribution in [1.82, 2.24) is 20.1 Å². The summed E-state index contributed by atoms with van der Waals surface area (Å²) in [6.45, 7) is 1.80. The van der Waals surface area contributed by atoms with Gasteiger partial charge >= 0.3 is 5.97 Å². The van der Waals surface area contributed by atoms with E-state index in [4.69, 9.17) is 16.7 Å². The molecule has 0 bridgehead atoms. The number of thioether (sulfide) groups is 1. The van der Waals surface area contributed by atoms with Gasteiger partial charge in [-0.25, -0.2) is 4.79 Å². The summed E-state index contributed by atoms with van der Waals surface area (Å²) in [4.78, 5) is 35.8. The van der Waals surface area contributed by atoms with Crippen LogP contribution in [0.25, 0.3) is 0 Å². The minimum Gasteiger partial charge on any atom is -0.478 e. The summed E-state index contributed by atoms with van der Waals surface area (Å²) in [5, 5.41) is 23.5. The summed E-state index contributed by atoms with van der Waals surface area (Å²) < 4.78 is 1.70. The van der Waals surface area contributed by atoms with Crippen molar-refractivity contribution in [3.63, 3.8) is 0 Å². The molecule has 0 saturated heterocycles. The van der Waals surface area contributed by atoms with E-state index < -0.39 is 12.0 Å². The first-order chi connectivity index (χ1) is 15.3. The molecule has 1 heterocycles. The zero-order chi connectivity index (χ0) is 23.3. The lowest BCUT2D eigenvalue weighted by Crippen LogP contribution is -2.28. The fraction of sp³-hybridized carbons (Fsp3) is 0.190. The van der Waals surface area contributed by atoms with E-state index in [1.807, 2.05) is 6.07 Å². The molecule has 1 aromatic heterocycles. The molecule has 0 aliphatic rings. The number of nitrogens with one attached hydrogen (secondary N) is 2. The quantitative estimate of drug-likeness (QED) is 0.428. The van der Waals surface area contributed by atoms with Gasteiger partial charge in [-0.1, -0.05) is 41.6 Å². The Labute approximate surface area is 193 Å². The van der Waals surface area contributed by atoms with Crippen molar-refractivity contribution in [2.45, 2.75) is 18.1 Å². The Bertz CT molecular complexity index is 1150. The Kier molecular flexibility index (Phi) is 7.49. The van der Waals surface area contributed by atoms with Gasteiger partial charge in [-0.3, -0.25) is 9.59 Å². The topological polar surface area (TPSA) is 126 Å². The van der Waals surface area contributed by atoms with Gasteiger partial charge in [0.1, 0.15) is 0 Å². The minimum atomic E-state index is -1.12. The van der Waals surface area contributed by atoms with Gasteiger partial charge in [-0.05, 0) is 37.3 Å². The molecule has 0 aliphatic carbocycles. The number of aromatic nitrogens is 3. The molecule has 2 aromatic carbocycles. The van der Waals surface area contributed by atoms with Crippen molar-refractivity contribution in [3.05, 3.63) is 70.5 Å². The fourth-order valence-electron chi connectivity index (χ4n) is 2.83. The Hall–Kier alpha value is -3.37. The maximum atomic E-state index is 12.4. The zero-order valence-corrected chi connectivity index (χ0v) is 18.8. The number of carbonyl (C=O) groups is 3. The third-order valence-electron chi connectivity index (χ3n) is 4.46. The van der Waals surface area contributed by atoms with Gasteiger partial charge in [0.2, 0.25) is 5.91 Å². The van der Waals surface area contributed by atoms with Crippen molar-refractivity contribution in [1.29, 1.82) is 0 Å². The molecule has 3 rings (SSSR count). The first-order valence-corrected chi connectivity index (χ1v) is 10.8. The molecular formula is C21H20ClN5O4S. The number of halogens is 1. The molecule has 9 nitrogen and oxygen atoms in total. The molecule has 3 N–H and O–H groups in total. The molecule has 166 valence electrons. The minimum absolute atomic E-state index is 0.00432. The van der Waals surface area contributed by atoms with Crippen molar-refractivity contribution < 1.29 is 19.5 Å². The maximum absolute atomic E-state index is 12.4. The SMILES string of the molecule is CC(NC(=O)c1ccccc1)c1nnc(SCC(=O)Nc2cc(C(=O)O)ccc2Cl)n1C. The number of aromatic carboxylic acids is 1. The van der Waals surface area contributed by atoms with E-state index >= 15 is 0 Å². The average molecular weight is 474 g/mol. The second-order valence-corrected chi connectivity index (χ2v) is 8.15. The van der Waals surface area contributed by atoms with E-state index in [-0.39, 0.29) is 33.8 Å². The van der Waals surface area contributed by atoms with E-state index in [1.165, 1.54) is 18.2 Å². The molecule has 1 atom stereocenters. The monoisotopic (exact) mass is 473 g/mol. The normalized spacial score (nSPS) is 11.6. The molecule has 0 saturated carbocycles. The van der Waals surface area contributed by atoms with Gasteiger partial charge in [0.15, 0.2) is 11.0 Å². The number of anilines is 1. The summed E-state index contributed by atoms with van der Waals surface area (Å²) in [7, 11) is 1.74. The van der Waals surface area contributed by atoms with Crippen molar-refractivity contribution in [3.8, 4) is 0 Å². The molecule has 0 fully saturated rings. The van der Waals surface area contributed by atoms with Crippen LogP contribution in [0.2, 0.25) is 5.02 Å². The number of carboxylic acids is 1. The van der Waals surface area contributed by atoms with Gasteiger partial charge in [0, 0.05) is 12.6 Å². The van der Waals surface area contributed by atoms with Crippen LogP contribution in [-0.4, -0.2) is 43.4 Å². The maximum Gasteiger partial charge on any atom is 0.335 e. The molecule has 2 amide bonds. The molecule has 3 aromatic rings. The number of carbonyl (C=O) groups excluding carboxylic acids is 2. The van der Waals surface area contributed by atoms with Crippen LogP contribution < -0.4 is 10.6 Å². The standard InChI is InChI=1S/C21H20ClN5O4S/c1-12(23-19(29)13-6-4-3-5-7-13)18-25-26-21(27(18)2)32-11-17(28)24-16-10-14(20(30)31)8-9-15(16)22/h3-10,12H,11H2,1-2H3,(H,23,29)(H,24,28)(H,30,31). The van der Waals surface area contributed by atoms with Crippen molar-refractivity contribution >= 4 is 46.8 Å². The molecule has 1 unspecified atom stereocenters. The smallest absolute Gasteiger partial charge is 0.335 e. The van der Waals surface area contributed by atoms with Crippen LogP contribution in [0.4, 0.5) is 5.69 Å². The van der Waals surface area contributed by atoms with Crippen molar-refractivity contribution in [2.75, 3.05) is 11.1 Å². The zero-order valence-electron chi connectivity index (χ0n) is 17.2. The molecule has 11 heteroatoms. The Morgan fingerprint density at radius 1 is 1.12 bits per heavy atom. The van der Waals surface area contributed by atoms with Crippen LogP contribution in [0.5, 0.6) is 0 Å². The number of nitrogens with zero attached hydrogens (tertiary/aromatic N) is 3. The number of hydrogen-bond acceptors (Lipinski definition) is 6. The van der Waals surface area contributed by atoms with Gasteiger partial charge in [-0.15, -0.1) is 10.2 Å². The van der Waals surface area contributed by atoms with Crippen LogP contribution >= 0.6 is 23.4 Å². The Morgan fingerprint density at radius 2 is 1.84 bits per heavy atom. The molecule has 32 heavy (non-hydrogen) atoms. The van der Waals surface area contributed by atoms with Gasteiger partial charge in [0.05, 0.1) is 28.1 Å². The van der Waals surface area contributed by atoms with Crippen LogP contribution in [-0.2, 0) is 11.8 Å². The summed E-state index contributed by atoms with van der Waals surface area (Å²) in [6.07, 6.45) is 0. The highest BCUT2D eigenvalue weighted by atomic mass is 35.5. The first kappa shape index (κ1) is 23.3. The third kappa shape index (κ3) is 5.65. The predicted molar refractivity (Wildman–Crippen MR) is 121 cm³/mol. The second-order valence-electron chi connectivity index (χ2n) is 6.80. The van der Waals surface area contributed by atoms with Crippen LogP contribution in [0.1, 0.15) is 39.5 Å². The summed E-state index contributed by atoms with van der Waals surface area (Å²) in [6, 6.07) is 12.5. The molecule has 0 radical (unpaired) electrons. The lowest BCUT2D eigenvalue weighted by molar-refractivity contribution is -0.113. The van der Waals surface area contributed by atoms with Gasteiger partial charge in [-0.2, -0.15) is 0 Å². The lowest BCUT2D eigenvalue weighted by atomic mass is 10.2. The molecule has 0 spiro atoms. The highest BCUT2D eigenvalue weighted by molar-refractivity contribution is 7.99. The van der Waals surface area contributed by atoms with Gasteiger partial charge < -0.3 is 20.3 Å². The van der Waals surface area contributed by atoms with E-state index in [1.54, 1.807) is 42.8 Å². The van der Waals surface area contributed by atoms with Crippen molar-refractivity contribution in [2.24, 2.45) is 7.05 Å². The largest absolute Gasteiger partial charge is 0.478 e. The molecule has 0 aliphatic heterocycles. The van der Waals surface area contributed by atoms with Crippen LogP contribution in [0.15, 0.2) is 53.7 Å². The summed E-state index contributed by atoms with van der Waals surface area (Å²) in [5.41, 5.74) is 0.772. The number of amides is 2. The number of hydrogen-bond donors (Lipinski definition) is 3. The van der Waals surface area contributed by atoms with E-state index in [0.29, 0.717) is 16.5 Å². The Balaban J connectivity index is 1.60. The third-order valence-corrected chi connectivity index (χ3v) is 5.81. The van der Waals surface area contributed by atoms with Crippen LogP contribution in [0.3, 0.4) is 0 Å². The van der Waals surface area contributed by atoms with Gasteiger partial charge in [0.25, 0.3) is 5.91 Å². The summed E-state index contributed by atoms with van der Waals surface area (Å²) >= 11 is 7.19. The number of benzene rings is 2. The summed E-state index contributed by atoms with van der Waals surface area (Å²) in [5.74, 6) is -1.18. The average Bonchev–Trinajstić information content (AvgIpc) is 3.14. The fourth-order valence-corrected chi connectivity index (χ4v) is 3.72. The van der Waals surface area contributed by atoms with E-state index in [9.17, 15) is 14.4 Å².